The second-order valence-corrected chi connectivity index (χ2v) is 7.27. The Morgan fingerprint density at radius 1 is 1.30 bits per heavy atom. The van der Waals surface area contributed by atoms with Crippen molar-refractivity contribution < 1.29 is 24.1 Å². The van der Waals surface area contributed by atoms with Crippen LogP contribution in [0.3, 0.4) is 0 Å². The van der Waals surface area contributed by atoms with Crippen molar-refractivity contribution in [2.75, 3.05) is 13.7 Å². The van der Waals surface area contributed by atoms with Gasteiger partial charge in [-0.2, -0.15) is 10.4 Å². The van der Waals surface area contributed by atoms with Crippen molar-refractivity contribution >= 4 is 11.5 Å². The molecule has 1 aromatic heterocycles. The number of fused-ring (bicyclic) bond motifs is 1. The molecule has 1 aliphatic rings. The molecule has 2 heterocycles. The number of nitrogens with two attached hydrogens (primary N) is 1. The fourth-order valence-corrected chi connectivity index (χ4v) is 3.74. The van der Waals surface area contributed by atoms with Crippen LogP contribution in [0.15, 0.2) is 48.0 Å². The zero-order valence-electron chi connectivity index (χ0n) is 18.3. The van der Waals surface area contributed by atoms with Gasteiger partial charge in [0.25, 0.3) is 0 Å². The molecule has 3 N–H and O–H groups in total. The standard InChI is InChI=1S/C24H22N4O5/c1-4-32-24(30)14-5-8-16(9-6-14)28-23-20(13(2)27-28)21(17(12-25)22(26)33-23)15-7-10-18(29)19(11-15)31-3/h5-11,22,29H,4,26H2,1-3H3. The molecule has 4 rings (SSSR count). The molecule has 9 heteroatoms. The third-order valence-corrected chi connectivity index (χ3v) is 5.27. The first-order chi connectivity index (χ1) is 15.9. The van der Waals surface area contributed by atoms with Gasteiger partial charge in [-0.15, -0.1) is 0 Å². The minimum Gasteiger partial charge on any atom is -0.504 e. The maximum absolute atomic E-state index is 12.0. The maximum atomic E-state index is 12.0. The van der Waals surface area contributed by atoms with Crippen molar-refractivity contribution in [3.63, 3.8) is 0 Å². The van der Waals surface area contributed by atoms with Crippen molar-refractivity contribution in [1.82, 2.24) is 9.78 Å². The summed E-state index contributed by atoms with van der Waals surface area (Å²) in [6.07, 6.45) is -1.02. The molecular formula is C24H22N4O5. The normalized spacial score (nSPS) is 14.8. The number of phenols is 1. The Kier molecular flexibility index (Phi) is 5.77. The molecule has 1 unspecified atom stereocenters. The highest BCUT2D eigenvalue weighted by molar-refractivity contribution is 5.91. The molecule has 1 atom stereocenters. The summed E-state index contributed by atoms with van der Waals surface area (Å²) in [5.74, 6) is 0.195. The Morgan fingerprint density at radius 3 is 2.67 bits per heavy atom. The van der Waals surface area contributed by atoms with Gasteiger partial charge in [0, 0.05) is 5.57 Å². The van der Waals surface area contributed by atoms with E-state index >= 15 is 0 Å². The van der Waals surface area contributed by atoms with Gasteiger partial charge in [0.05, 0.1) is 41.8 Å². The number of methoxy groups -OCH3 is 1. The number of nitrogens with zero attached hydrogens (tertiary/aromatic N) is 3. The number of carbonyl (C=O) groups excluding carboxylic acids is 1. The van der Waals surface area contributed by atoms with Gasteiger partial charge in [0.15, 0.2) is 17.7 Å². The SMILES string of the molecule is CCOC(=O)c1ccc(-n2nc(C)c3c2OC(N)C(C#N)=C3c2ccc(O)c(OC)c2)cc1. The van der Waals surface area contributed by atoms with E-state index in [1.165, 1.54) is 13.2 Å². The number of esters is 1. The second kappa shape index (κ2) is 8.68. The first kappa shape index (κ1) is 21.9. The number of aryl methyl sites for hydroxylation is 1. The molecule has 1 aliphatic heterocycles. The van der Waals surface area contributed by atoms with E-state index < -0.39 is 12.2 Å². The summed E-state index contributed by atoms with van der Waals surface area (Å²) in [7, 11) is 1.45. The minimum absolute atomic E-state index is 0.0222. The van der Waals surface area contributed by atoms with Gasteiger partial charge in [-0.05, 0) is 55.8 Å². The van der Waals surface area contributed by atoms with Gasteiger partial charge >= 0.3 is 5.97 Å². The highest BCUT2D eigenvalue weighted by Crippen LogP contribution is 2.43. The van der Waals surface area contributed by atoms with E-state index in [1.54, 1.807) is 54.9 Å². The van der Waals surface area contributed by atoms with Gasteiger partial charge < -0.3 is 19.3 Å². The molecule has 0 amide bonds. The van der Waals surface area contributed by atoms with Crippen LogP contribution >= 0.6 is 0 Å². The first-order valence-electron chi connectivity index (χ1n) is 10.2. The van der Waals surface area contributed by atoms with E-state index in [-0.39, 0.29) is 23.7 Å². The zero-order chi connectivity index (χ0) is 23.7. The van der Waals surface area contributed by atoms with E-state index in [4.69, 9.17) is 19.9 Å². The summed E-state index contributed by atoms with van der Waals surface area (Å²) in [4.78, 5) is 12.0. The van der Waals surface area contributed by atoms with Gasteiger partial charge in [-0.3, -0.25) is 5.73 Å². The van der Waals surface area contributed by atoms with Crippen molar-refractivity contribution in [1.29, 1.82) is 5.26 Å². The lowest BCUT2D eigenvalue weighted by Gasteiger charge is -2.25. The molecule has 0 bridgehead atoms. The van der Waals surface area contributed by atoms with Crippen molar-refractivity contribution in [2.24, 2.45) is 5.73 Å². The number of nitriles is 1. The smallest absolute Gasteiger partial charge is 0.338 e. The lowest BCUT2D eigenvalue weighted by atomic mass is 9.91. The molecule has 2 aromatic carbocycles. The van der Waals surface area contributed by atoms with Crippen LogP contribution in [0.2, 0.25) is 0 Å². The number of aromatic hydroxyl groups is 1. The molecule has 168 valence electrons. The topological polar surface area (TPSA) is 133 Å². The maximum Gasteiger partial charge on any atom is 0.338 e. The van der Waals surface area contributed by atoms with E-state index in [1.807, 2.05) is 0 Å². The summed E-state index contributed by atoms with van der Waals surface area (Å²) in [6.45, 7) is 3.83. The van der Waals surface area contributed by atoms with Crippen LogP contribution in [0, 0.1) is 18.3 Å². The van der Waals surface area contributed by atoms with E-state index in [9.17, 15) is 15.2 Å². The summed E-state index contributed by atoms with van der Waals surface area (Å²) >= 11 is 0. The number of rotatable bonds is 5. The van der Waals surface area contributed by atoms with Crippen molar-refractivity contribution in [2.45, 2.75) is 20.1 Å². The lowest BCUT2D eigenvalue weighted by molar-refractivity contribution is 0.0526. The highest BCUT2D eigenvalue weighted by atomic mass is 16.5. The number of aromatic nitrogens is 2. The van der Waals surface area contributed by atoms with Crippen LogP contribution in [-0.4, -0.2) is 40.8 Å². The number of phenolic OH excluding ortho intramolecular Hbond substituents is 1. The van der Waals surface area contributed by atoms with Gasteiger partial charge in [0.2, 0.25) is 5.88 Å². The quantitative estimate of drug-likeness (QED) is 0.572. The third-order valence-electron chi connectivity index (χ3n) is 5.27. The predicted molar refractivity (Wildman–Crippen MR) is 119 cm³/mol. The highest BCUT2D eigenvalue weighted by Gasteiger charge is 2.33. The molecule has 0 radical (unpaired) electrons. The Labute approximate surface area is 190 Å². The molecule has 0 aliphatic carbocycles. The summed E-state index contributed by atoms with van der Waals surface area (Å²) in [6, 6.07) is 13.7. The second-order valence-electron chi connectivity index (χ2n) is 7.27. The number of ether oxygens (including phenoxy) is 3. The zero-order valence-corrected chi connectivity index (χ0v) is 18.3. The van der Waals surface area contributed by atoms with Gasteiger partial charge in [-0.1, -0.05) is 6.07 Å². The summed E-state index contributed by atoms with van der Waals surface area (Å²) < 4.78 is 17.8. The predicted octanol–water partition coefficient (Wildman–Crippen LogP) is 3.07. The summed E-state index contributed by atoms with van der Waals surface area (Å²) in [5.41, 5.74) is 9.89. The molecule has 0 saturated carbocycles. The van der Waals surface area contributed by atoms with Gasteiger partial charge in [0.1, 0.15) is 6.07 Å². The average Bonchev–Trinajstić information content (AvgIpc) is 3.14. The molecule has 9 nitrogen and oxygen atoms in total. The van der Waals surface area contributed by atoms with E-state index in [2.05, 4.69) is 11.2 Å². The number of benzene rings is 2. The lowest BCUT2D eigenvalue weighted by Crippen LogP contribution is -2.33. The molecule has 0 saturated heterocycles. The molecule has 0 spiro atoms. The largest absolute Gasteiger partial charge is 0.504 e. The summed E-state index contributed by atoms with van der Waals surface area (Å²) in [5, 5.41) is 24.4. The van der Waals surface area contributed by atoms with Crippen LogP contribution in [0.4, 0.5) is 0 Å². The number of carbonyl (C=O) groups is 1. The number of hydrogen-bond acceptors (Lipinski definition) is 8. The molecular weight excluding hydrogens is 424 g/mol. The average molecular weight is 446 g/mol. The fourth-order valence-electron chi connectivity index (χ4n) is 3.74. The fraction of sp³-hybridized carbons (Fsp3) is 0.208. The van der Waals surface area contributed by atoms with E-state index in [0.29, 0.717) is 39.5 Å². The monoisotopic (exact) mass is 446 g/mol. The molecule has 3 aromatic rings. The third kappa shape index (κ3) is 3.77. The minimum atomic E-state index is -1.02. The molecule has 33 heavy (non-hydrogen) atoms. The van der Waals surface area contributed by atoms with Crippen molar-refractivity contribution in [3.8, 4) is 29.1 Å². The number of hydrogen-bond donors (Lipinski definition) is 2. The molecule has 0 fully saturated rings. The van der Waals surface area contributed by atoms with Crippen LogP contribution < -0.4 is 15.2 Å². The van der Waals surface area contributed by atoms with Crippen molar-refractivity contribution in [3.05, 3.63) is 70.4 Å². The van der Waals surface area contributed by atoms with Crippen LogP contribution in [0.1, 0.15) is 34.1 Å². The van der Waals surface area contributed by atoms with E-state index in [0.717, 1.165) is 0 Å². The van der Waals surface area contributed by atoms with Crippen LogP contribution in [0.5, 0.6) is 17.4 Å². The first-order valence-corrected chi connectivity index (χ1v) is 10.2. The Hall–Kier alpha value is -4.29. The Bertz CT molecular complexity index is 1300. The Balaban J connectivity index is 1.86. The van der Waals surface area contributed by atoms with Crippen LogP contribution in [-0.2, 0) is 4.74 Å². The Morgan fingerprint density at radius 2 is 2.03 bits per heavy atom. The van der Waals surface area contributed by atoms with Crippen LogP contribution in [0.25, 0.3) is 11.3 Å². The van der Waals surface area contributed by atoms with Gasteiger partial charge in [-0.25, -0.2) is 9.48 Å².